The molecule has 0 aliphatic carbocycles. The normalized spacial score (nSPS) is 22.0. The van der Waals surface area contributed by atoms with Crippen LogP contribution in [0.4, 0.5) is 8.78 Å². The van der Waals surface area contributed by atoms with Crippen molar-refractivity contribution in [1.29, 1.82) is 0 Å². The number of likely N-dealkylation sites (tertiary alicyclic amines) is 1. The maximum Gasteiger partial charge on any atom is 0.387 e. The van der Waals surface area contributed by atoms with Crippen molar-refractivity contribution in [2.24, 2.45) is 5.10 Å². The number of ether oxygens (including phenoxy) is 2. The van der Waals surface area contributed by atoms with Crippen LogP contribution in [0, 0.1) is 0 Å². The highest BCUT2D eigenvalue weighted by Gasteiger charge is 2.52. The van der Waals surface area contributed by atoms with Crippen LogP contribution in [0.3, 0.4) is 0 Å². The number of fused-ring (bicyclic) bond motifs is 4. The molecule has 0 radical (unpaired) electrons. The Balaban J connectivity index is 1.48. The van der Waals surface area contributed by atoms with E-state index in [1.807, 2.05) is 12.1 Å². The van der Waals surface area contributed by atoms with Gasteiger partial charge in [-0.15, -0.1) is 0 Å². The smallest absolute Gasteiger partial charge is 0.387 e. The Morgan fingerprint density at radius 3 is 2.50 bits per heavy atom. The average molecular weight is 506 g/mol. The van der Waals surface area contributed by atoms with Crippen molar-refractivity contribution in [2.75, 3.05) is 13.1 Å². The number of hydrazone groups is 1. The molecule has 0 bridgehead atoms. The van der Waals surface area contributed by atoms with Crippen molar-refractivity contribution in [1.82, 2.24) is 9.91 Å². The summed E-state index contributed by atoms with van der Waals surface area (Å²) in [4.78, 5) is 2.48. The molecule has 2 aromatic rings. The molecule has 1 fully saturated rings. The zero-order chi connectivity index (χ0) is 22.5. The molecule has 2 aromatic carbocycles. The van der Waals surface area contributed by atoms with Gasteiger partial charge in [-0.2, -0.15) is 13.9 Å². The Morgan fingerprint density at radius 1 is 1.12 bits per heavy atom. The quantitative estimate of drug-likeness (QED) is 0.526. The summed E-state index contributed by atoms with van der Waals surface area (Å²) >= 11 is 3.59. The van der Waals surface area contributed by atoms with Crippen LogP contribution in [-0.2, 0) is 0 Å². The van der Waals surface area contributed by atoms with Gasteiger partial charge in [0.25, 0.3) is 0 Å². The molecule has 8 heteroatoms. The summed E-state index contributed by atoms with van der Waals surface area (Å²) in [6, 6.07) is 13.5. The number of hydrogen-bond acceptors (Lipinski definition) is 5. The van der Waals surface area contributed by atoms with Crippen molar-refractivity contribution in [3.63, 3.8) is 0 Å². The molecular formula is C24H26BrF2N3O2. The van der Waals surface area contributed by atoms with E-state index in [1.54, 1.807) is 24.3 Å². The van der Waals surface area contributed by atoms with Gasteiger partial charge < -0.3 is 14.4 Å². The first kappa shape index (κ1) is 21.6. The molecule has 3 aliphatic rings. The Bertz CT molecular complexity index is 1020. The van der Waals surface area contributed by atoms with Crippen LogP contribution >= 0.6 is 15.9 Å². The minimum absolute atomic E-state index is 0.0776. The van der Waals surface area contributed by atoms with E-state index >= 15 is 0 Å². The Labute approximate surface area is 195 Å². The molecule has 0 aromatic heterocycles. The summed E-state index contributed by atoms with van der Waals surface area (Å²) < 4.78 is 37.2. The summed E-state index contributed by atoms with van der Waals surface area (Å²) in [5, 5.41) is 7.21. The Kier molecular flexibility index (Phi) is 5.61. The van der Waals surface area contributed by atoms with Crippen molar-refractivity contribution in [3.8, 4) is 11.5 Å². The highest BCUT2D eigenvalue weighted by Crippen LogP contribution is 2.50. The molecule has 170 valence electrons. The minimum atomic E-state index is -2.83. The van der Waals surface area contributed by atoms with Crippen LogP contribution in [0.25, 0.3) is 0 Å². The van der Waals surface area contributed by atoms with Crippen molar-refractivity contribution < 1.29 is 18.3 Å². The lowest BCUT2D eigenvalue weighted by Crippen LogP contribution is -2.59. The second-order valence-corrected chi connectivity index (χ2v) is 9.79. The van der Waals surface area contributed by atoms with Crippen molar-refractivity contribution >= 4 is 21.6 Å². The van der Waals surface area contributed by atoms with Gasteiger partial charge in [-0.05, 0) is 61.9 Å². The van der Waals surface area contributed by atoms with Crippen LogP contribution in [0.15, 0.2) is 52.0 Å². The van der Waals surface area contributed by atoms with Gasteiger partial charge in [0.15, 0.2) is 0 Å². The third-order valence-corrected chi connectivity index (χ3v) is 7.17. The maximum absolute atomic E-state index is 12.5. The molecule has 3 heterocycles. The van der Waals surface area contributed by atoms with E-state index < -0.39 is 12.3 Å². The molecule has 5 nitrogen and oxygen atoms in total. The topological polar surface area (TPSA) is 37.3 Å². The summed E-state index contributed by atoms with van der Waals surface area (Å²) in [5.41, 5.74) is 2.48. The fraction of sp³-hybridized carbons (Fsp3) is 0.458. The monoisotopic (exact) mass is 505 g/mol. The predicted octanol–water partition coefficient (Wildman–Crippen LogP) is 5.79. The molecule has 3 aliphatic heterocycles. The lowest BCUT2D eigenvalue weighted by Gasteiger charge is -2.51. The number of alkyl halides is 2. The number of piperidine rings is 1. The molecule has 5 rings (SSSR count). The van der Waals surface area contributed by atoms with E-state index in [2.05, 4.69) is 50.5 Å². The first-order valence-electron chi connectivity index (χ1n) is 11.0. The van der Waals surface area contributed by atoms with Gasteiger partial charge in [0.1, 0.15) is 11.5 Å². The lowest BCUT2D eigenvalue weighted by molar-refractivity contribution is -0.152. The van der Waals surface area contributed by atoms with Crippen LogP contribution < -0.4 is 9.47 Å². The molecule has 0 unspecified atom stereocenters. The number of halogens is 3. The SMILES string of the molecule is CC(C)N1CCC2(CC1)Oc1ccc(Br)cc1[C@H]1CC(c3ccc(OC(F)F)cc3)=NN12. The van der Waals surface area contributed by atoms with Crippen LogP contribution in [0.5, 0.6) is 11.5 Å². The summed E-state index contributed by atoms with van der Waals surface area (Å²) in [6.07, 6.45) is 2.47. The lowest BCUT2D eigenvalue weighted by atomic mass is 9.90. The zero-order valence-electron chi connectivity index (χ0n) is 18.1. The summed E-state index contributed by atoms with van der Waals surface area (Å²) in [6.45, 7) is 3.53. The van der Waals surface area contributed by atoms with E-state index in [0.29, 0.717) is 6.04 Å². The Morgan fingerprint density at radius 2 is 1.84 bits per heavy atom. The molecule has 32 heavy (non-hydrogen) atoms. The Hall–Kier alpha value is -2.19. The minimum Gasteiger partial charge on any atom is -0.466 e. The van der Waals surface area contributed by atoms with Gasteiger partial charge in [-0.3, -0.25) is 0 Å². The fourth-order valence-corrected chi connectivity index (χ4v) is 5.36. The second-order valence-electron chi connectivity index (χ2n) is 8.87. The number of nitrogens with zero attached hydrogens (tertiary/aromatic N) is 3. The van der Waals surface area contributed by atoms with Crippen LogP contribution in [-0.4, -0.2) is 47.1 Å². The molecule has 0 N–H and O–H groups in total. The highest BCUT2D eigenvalue weighted by molar-refractivity contribution is 9.10. The second kappa shape index (κ2) is 8.30. The fourth-order valence-electron chi connectivity index (χ4n) is 4.98. The third kappa shape index (κ3) is 3.88. The third-order valence-electron chi connectivity index (χ3n) is 6.68. The zero-order valence-corrected chi connectivity index (χ0v) is 19.7. The number of rotatable bonds is 4. The molecule has 0 saturated carbocycles. The van der Waals surface area contributed by atoms with Crippen LogP contribution in [0.1, 0.15) is 50.3 Å². The highest BCUT2D eigenvalue weighted by atomic mass is 79.9. The summed E-state index contributed by atoms with van der Waals surface area (Å²) in [7, 11) is 0. The van der Waals surface area contributed by atoms with E-state index in [1.165, 1.54) is 0 Å². The first-order valence-corrected chi connectivity index (χ1v) is 11.8. The molecular weight excluding hydrogens is 480 g/mol. The van der Waals surface area contributed by atoms with Gasteiger partial charge in [0.05, 0.1) is 11.8 Å². The largest absolute Gasteiger partial charge is 0.466 e. The van der Waals surface area contributed by atoms with Gasteiger partial charge >= 0.3 is 6.61 Å². The van der Waals surface area contributed by atoms with Crippen LogP contribution in [0.2, 0.25) is 0 Å². The number of hydrogen-bond donors (Lipinski definition) is 0. The van der Waals surface area contributed by atoms with Gasteiger partial charge in [0, 0.05) is 48.4 Å². The summed E-state index contributed by atoms with van der Waals surface area (Å²) in [5.74, 6) is 1.07. The van der Waals surface area contributed by atoms with E-state index in [4.69, 9.17) is 9.84 Å². The van der Waals surface area contributed by atoms with E-state index in [-0.39, 0.29) is 11.8 Å². The maximum atomic E-state index is 12.5. The van der Waals surface area contributed by atoms with Crippen molar-refractivity contribution in [2.45, 2.75) is 57.5 Å². The van der Waals surface area contributed by atoms with Gasteiger partial charge in [-0.25, -0.2) is 5.01 Å². The first-order chi connectivity index (χ1) is 15.3. The number of benzene rings is 2. The van der Waals surface area contributed by atoms with Crippen molar-refractivity contribution in [3.05, 3.63) is 58.1 Å². The van der Waals surface area contributed by atoms with Gasteiger partial charge in [0.2, 0.25) is 5.72 Å². The van der Waals surface area contributed by atoms with E-state index in [9.17, 15) is 8.78 Å². The average Bonchev–Trinajstić information content (AvgIpc) is 3.22. The molecule has 1 saturated heterocycles. The molecule has 1 atom stereocenters. The van der Waals surface area contributed by atoms with Gasteiger partial charge in [-0.1, -0.05) is 15.9 Å². The van der Waals surface area contributed by atoms with E-state index in [0.717, 1.165) is 59.4 Å². The standard InChI is InChI=1S/C24H26BrF2N3O2/c1-15(2)29-11-9-24(10-12-29)30-21(19-13-17(25)5-8-22(19)32-24)14-20(28-30)16-3-6-18(7-4-16)31-23(26)27/h3-8,13,15,21,23H,9-12,14H2,1-2H3/t21-/m1/s1. The molecule has 0 amide bonds. The predicted molar refractivity (Wildman–Crippen MR) is 122 cm³/mol. The molecule has 1 spiro atoms.